The predicted molar refractivity (Wildman–Crippen MR) is 129 cm³/mol. The van der Waals surface area contributed by atoms with Gasteiger partial charge in [0.2, 0.25) is 10.0 Å². The number of esters is 1. The quantitative estimate of drug-likeness (QED) is 0.243. The highest BCUT2D eigenvalue weighted by molar-refractivity contribution is 7.89. The zero-order valence-corrected chi connectivity index (χ0v) is 21.0. The van der Waals surface area contributed by atoms with Crippen LogP contribution in [0.4, 0.5) is 5.69 Å². The van der Waals surface area contributed by atoms with Crippen molar-refractivity contribution in [3.05, 3.63) is 68.2 Å². The average Bonchev–Trinajstić information content (AvgIpc) is 2.81. The normalized spacial score (nSPS) is 18.6. The molecule has 2 aromatic carbocycles. The molecule has 0 spiro atoms. The summed E-state index contributed by atoms with van der Waals surface area (Å²) in [4.78, 5) is 22.4. The zero-order valence-electron chi connectivity index (χ0n) is 18.7. The SMILES string of the molecule is CCOC(=O)C1CCC(CN(Cc2c(Cl)cccc2Cl)S(=O)(=O)c2ccc([N+](=O)[O-])cc2)CC1. The smallest absolute Gasteiger partial charge is 0.308 e. The van der Waals surface area contributed by atoms with Gasteiger partial charge in [-0.25, -0.2) is 8.42 Å². The molecule has 0 unspecified atom stereocenters. The van der Waals surface area contributed by atoms with E-state index in [0.717, 1.165) is 12.1 Å². The molecule has 184 valence electrons. The van der Waals surface area contributed by atoms with E-state index < -0.39 is 14.9 Å². The maximum atomic E-state index is 13.6. The zero-order chi connectivity index (χ0) is 24.9. The van der Waals surface area contributed by atoms with Crippen molar-refractivity contribution in [2.24, 2.45) is 11.8 Å². The van der Waals surface area contributed by atoms with Gasteiger partial charge in [0.25, 0.3) is 5.69 Å². The van der Waals surface area contributed by atoms with Crippen molar-refractivity contribution < 1.29 is 22.9 Å². The summed E-state index contributed by atoms with van der Waals surface area (Å²) in [5.41, 5.74) is 0.286. The summed E-state index contributed by atoms with van der Waals surface area (Å²) in [6, 6.07) is 9.75. The maximum Gasteiger partial charge on any atom is 0.308 e. The first-order valence-electron chi connectivity index (χ1n) is 11.0. The van der Waals surface area contributed by atoms with Gasteiger partial charge in [0, 0.05) is 40.8 Å². The lowest BCUT2D eigenvalue weighted by Crippen LogP contribution is -2.37. The fourth-order valence-corrected chi connectivity index (χ4v) is 6.13. The Kier molecular flexibility index (Phi) is 8.92. The number of halogens is 2. The van der Waals surface area contributed by atoms with Gasteiger partial charge in [-0.3, -0.25) is 14.9 Å². The molecule has 0 heterocycles. The van der Waals surface area contributed by atoms with E-state index in [1.165, 1.54) is 16.4 Å². The van der Waals surface area contributed by atoms with Gasteiger partial charge in [-0.1, -0.05) is 29.3 Å². The number of nitrogens with zero attached hydrogens (tertiary/aromatic N) is 2. The van der Waals surface area contributed by atoms with Gasteiger partial charge in [0.15, 0.2) is 0 Å². The largest absolute Gasteiger partial charge is 0.466 e. The van der Waals surface area contributed by atoms with Gasteiger partial charge >= 0.3 is 5.97 Å². The molecular formula is C23H26Cl2N2O6S. The molecule has 34 heavy (non-hydrogen) atoms. The molecule has 8 nitrogen and oxygen atoms in total. The van der Waals surface area contributed by atoms with Crippen molar-refractivity contribution in [1.29, 1.82) is 0 Å². The van der Waals surface area contributed by atoms with Crippen molar-refractivity contribution in [1.82, 2.24) is 4.31 Å². The average molecular weight is 529 g/mol. The molecule has 1 aliphatic carbocycles. The van der Waals surface area contributed by atoms with Crippen LogP contribution in [0.5, 0.6) is 0 Å². The second kappa shape index (κ2) is 11.5. The van der Waals surface area contributed by atoms with Crippen LogP contribution in [0.25, 0.3) is 0 Å². The number of hydrogen-bond donors (Lipinski definition) is 0. The Morgan fingerprint density at radius 1 is 1.09 bits per heavy atom. The molecule has 2 aromatic rings. The van der Waals surface area contributed by atoms with Crippen molar-refractivity contribution >= 4 is 44.9 Å². The van der Waals surface area contributed by atoms with E-state index in [2.05, 4.69) is 0 Å². The summed E-state index contributed by atoms with van der Waals surface area (Å²) in [5, 5.41) is 11.7. The first-order chi connectivity index (χ1) is 16.1. The number of sulfonamides is 1. The van der Waals surface area contributed by atoms with Crippen LogP contribution in [0, 0.1) is 22.0 Å². The summed E-state index contributed by atoms with van der Waals surface area (Å²) < 4.78 is 33.6. The monoisotopic (exact) mass is 528 g/mol. The topological polar surface area (TPSA) is 107 Å². The van der Waals surface area contributed by atoms with Gasteiger partial charge in [-0.05, 0) is 62.8 Å². The molecule has 0 bridgehead atoms. The van der Waals surface area contributed by atoms with Crippen molar-refractivity contribution in [2.75, 3.05) is 13.2 Å². The minimum absolute atomic E-state index is 0.0276. The summed E-state index contributed by atoms with van der Waals surface area (Å²) in [5.74, 6) is -0.354. The minimum Gasteiger partial charge on any atom is -0.466 e. The van der Waals surface area contributed by atoms with Crippen LogP contribution in [0.2, 0.25) is 10.0 Å². The third-order valence-corrected chi connectivity index (χ3v) is 8.54. The van der Waals surface area contributed by atoms with Gasteiger partial charge in [-0.15, -0.1) is 0 Å². The molecule has 0 N–H and O–H groups in total. The Hall–Kier alpha value is -2.20. The number of rotatable bonds is 9. The second-order valence-electron chi connectivity index (χ2n) is 8.22. The molecule has 1 aliphatic rings. The van der Waals surface area contributed by atoms with Crippen LogP contribution in [-0.2, 0) is 26.1 Å². The van der Waals surface area contributed by atoms with Crippen molar-refractivity contribution in [3.8, 4) is 0 Å². The number of ether oxygens (including phenoxy) is 1. The number of nitro groups is 1. The highest BCUT2D eigenvalue weighted by Gasteiger charge is 2.33. The molecule has 0 atom stereocenters. The lowest BCUT2D eigenvalue weighted by atomic mass is 9.82. The Bertz CT molecular complexity index is 1110. The number of benzene rings is 2. The van der Waals surface area contributed by atoms with Gasteiger partial charge in [0.05, 0.1) is 22.3 Å². The van der Waals surface area contributed by atoms with Gasteiger partial charge < -0.3 is 4.74 Å². The standard InChI is InChI=1S/C23H26Cl2N2O6S/c1-2-33-23(28)17-8-6-16(7-9-17)14-26(15-20-21(24)4-3-5-22(20)25)34(31,32)19-12-10-18(11-13-19)27(29)30/h3-5,10-13,16-17H,2,6-9,14-15H2,1H3. The minimum atomic E-state index is -4.01. The van der Waals surface area contributed by atoms with Crippen LogP contribution >= 0.6 is 23.2 Å². The highest BCUT2D eigenvalue weighted by atomic mass is 35.5. The molecule has 0 radical (unpaired) electrons. The van der Waals surface area contributed by atoms with Gasteiger partial charge in [-0.2, -0.15) is 4.31 Å². The molecular weight excluding hydrogens is 503 g/mol. The lowest BCUT2D eigenvalue weighted by molar-refractivity contribution is -0.384. The number of non-ortho nitro benzene ring substituents is 1. The number of nitro benzene ring substituents is 1. The summed E-state index contributed by atoms with van der Waals surface area (Å²) in [7, 11) is -4.01. The highest BCUT2D eigenvalue weighted by Crippen LogP contribution is 2.34. The van der Waals surface area contributed by atoms with E-state index >= 15 is 0 Å². The fraction of sp³-hybridized carbons (Fsp3) is 0.435. The van der Waals surface area contributed by atoms with Gasteiger partial charge in [0.1, 0.15) is 0 Å². The molecule has 0 amide bonds. The van der Waals surface area contributed by atoms with E-state index in [1.54, 1.807) is 25.1 Å². The van der Waals surface area contributed by atoms with Crippen LogP contribution in [0.15, 0.2) is 47.4 Å². The molecule has 1 fully saturated rings. The Balaban J connectivity index is 1.85. The Morgan fingerprint density at radius 3 is 2.21 bits per heavy atom. The lowest BCUT2D eigenvalue weighted by Gasteiger charge is -2.32. The third-order valence-electron chi connectivity index (χ3n) is 6.01. The fourth-order valence-electron chi connectivity index (χ4n) is 4.13. The second-order valence-corrected chi connectivity index (χ2v) is 11.0. The molecule has 11 heteroatoms. The summed E-state index contributed by atoms with van der Waals surface area (Å²) >= 11 is 12.6. The van der Waals surface area contributed by atoms with E-state index in [9.17, 15) is 23.3 Å². The number of carbonyl (C=O) groups is 1. The first-order valence-corrected chi connectivity index (χ1v) is 13.2. The molecule has 0 aliphatic heterocycles. The Morgan fingerprint density at radius 2 is 1.68 bits per heavy atom. The van der Waals surface area contributed by atoms with E-state index in [-0.39, 0.29) is 41.5 Å². The van der Waals surface area contributed by atoms with Crippen LogP contribution in [0.1, 0.15) is 38.2 Å². The van der Waals surface area contributed by atoms with E-state index in [0.29, 0.717) is 47.9 Å². The van der Waals surface area contributed by atoms with E-state index in [4.69, 9.17) is 27.9 Å². The van der Waals surface area contributed by atoms with Crippen molar-refractivity contribution in [2.45, 2.75) is 44.0 Å². The van der Waals surface area contributed by atoms with Crippen molar-refractivity contribution in [3.63, 3.8) is 0 Å². The number of carbonyl (C=O) groups excluding carboxylic acids is 1. The molecule has 1 saturated carbocycles. The molecule has 3 rings (SSSR count). The summed E-state index contributed by atoms with van der Waals surface area (Å²) in [6.45, 7) is 2.26. The maximum absolute atomic E-state index is 13.6. The van der Waals surface area contributed by atoms with Crippen LogP contribution < -0.4 is 0 Å². The first kappa shape index (κ1) is 26.4. The Labute approximate surface area is 209 Å². The van der Waals surface area contributed by atoms with E-state index in [1.807, 2.05) is 0 Å². The molecule has 0 saturated heterocycles. The number of hydrogen-bond acceptors (Lipinski definition) is 6. The van der Waals surface area contributed by atoms with Crippen LogP contribution in [-0.4, -0.2) is 36.8 Å². The molecule has 0 aromatic heterocycles. The predicted octanol–water partition coefficient (Wildman–Crippen LogP) is 5.46. The summed E-state index contributed by atoms with van der Waals surface area (Å²) in [6.07, 6.45) is 2.60. The third kappa shape index (κ3) is 6.27. The van der Waals surface area contributed by atoms with Crippen LogP contribution in [0.3, 0.4) is 0 Å².